The van der Waals surface area contributed by atoms with Crippen molar-refractivity contribution in [2.75, 3.05) is 19.7 Å². The van der Waals surface area contributed by atoms with Crippen LogP contribution in [0.15, 0.2) is 51.6 Å². The van der Waals surface area contributed by atoms with Crippen LogP contribution in [0.25, 0.3) is 27.7 Å². The lowest BCUT2D eigenvalue weighted by molar-refractivity contribution is -0.127. The second-order valence-corrected chi connectivity index (χ2v) is 9.62. The van der Waals surface area contributed by atoms with Crippen molar-refractivity contribution in [2.24, 2.45) is 5.92 Å². The molecule has 0 bridgehead atoms. The summed E-state index contributed by atoms with van der Waals surface area (Å²) in [5.41, 5.74) is 5.73. The molecule has 5 heteroatoms. The number of benzene rings is 2. The lowest BCUT2D eigenvalue weighted by Gasteiger charge is -2.30. The molecule has 4 rings (SSSR count). The molecule has 1 aliphatic rings. The summed E-state index contributed by atoms with van der Waals surface area (Å²) < 4.78 is 13.1. The molecule has 2 aromatic carbocycles. The maximum atomic E-state index is 13.0. The minimum Gasteiger partial charge on any atom is -0.493 e. The number of amides is 1. The van der Waals surface area contributed by atoms with Crippen LogP contribution in [0.2, 0.25) is 0 Å². The lowest BCUT2D eigenvalue weighted by Crippen LogP contribution is -2.38. The molecule has 1 aliphatic heterocycles. The van der Waals surface area contributed by atoms with Crippen LogP contribution in [0.3, 0.4) is 0 Å². The summed E-state index contributed by atoms with van der Waals surface area (Å²) in [5.74, 6) is 1.42. The van der Waals surface area contributed by atoms with E-state index in [0.717, 1.165) is 68.5 Å². The molecule has 4 nitrogen and oxygen atoms in total. The van der Waals surface area contributed by atoms with E-state index < -0.39 is 0 Å². The molecule has 0 N–H and O–H groups in total. The van der Waals surface area contributed by atoms with Gasteiger partial charge in [-0.3, -0.25) is 4.79 Å². The van der Waals surface area contributed by atoms with Gasteiger partial charge in [0.05, 0.1) is 12.9 Å². The molecule has 1 fully saturated rings. The molecule has 1 saturated heterocycles. The standard InChI is InChI=1S/C27H30BrNO3/c1-5-31-26-19(4)27-23(24(16-32-27)20-8-10-21(28)11-9-20)14-22(26)18(3)13-25(30)29-12-6-7-17(2)15-29/h8-11,13-14,16-17H,5-7,12,15H2,1-4H3/b18-13+. The number of allylic oxidation sites excluding steroid dienone is 1. The summed E-state index contributed by atoms with van der Waals surface area (Å²) in [6.45, 7) is 10.4. The normalized spacial score (nSPS) is 17.1. The van der Waals surface area contributed by atoms with Gasteiger partial charge in [-0.25, -0.2) is 0 Å². The van der Waals surface area contributed by atoms with Gasteiger partial charge in [0.25, 0.3) is 0 Å². The summed E-state index contributed by atoms with van der Waals surface area (Å²) in [7, 11) is 0. The number of hydrogen-bond acceptors (Lipinski definition) is 3. The lowest BCUT2D eigenvalue weighted by atomic mass is 9.96. The molecule has 2 heterocycles. The summed E-state index contributed by atoms with van der Waals surface area (Å²) in [5, 5.41) is 1.02. The van der Waals surface area contributed by atoms with Gasteiger partial charge in [0.15, 0.2) is 0 Å². The topological polar surface area (TPSA) is 42.7 Å². The number of fused-ring (bicyclic) bond motifs is 1. The predicted molar refractivity (Wildman–Crippen MR) is 134 cm³/mol. The average Bonchev–Trinajstić information content (AvgIpc) is 3.20. The number of furan rings is 1. The summed E-state index contributed by atoms with van der Waals surface area (Å²) >= 11 is 3.50. The van der Waals surface area contributed by atoms with Gasteiger partial charge >= 0.3 is 0 Å². The highest BCUT2D eigenvalue weighted by atomic mass is 79.9. The van der Waals surface area contributed by atoms with Crippen LogP contribution in [0.1, 0.15) is 44.7 Å². The van der Waals surface area contributed by atoms with E-state index in [9.17, 15) is 4.79 Å². The number of rotatable bonds is 5. The fraction of sp³-hybridized carbons (Fsp3) is 0.370. The Morgan fingerprint density at radius 3 is 2.75 bits per heavy atom. The molecular weight excluding hydrogens is 466 g/mol. The van der Waals surface area contributed by atoms with Crippen LogP contribution in [0.4, 0.5) is 0 Å². The fourth-order valence-electron chi connectivity index (χ4n) is 4.54. The minimum atomic E-state index is 0.0783. The average molecular weight is 496 g/mol. The molecule has 168 valence electrons. The predicted octanol–water partition coefficient (Wildman–Crippen LogP) is 7.23. The van der Waals surface area contributed by atoms with Crippen molar-refractivity contribution in [3.05, 3.63) is 58.3 Å². The van der Waals surface area contributed by atoms with Crippen LogP contribution in [-0.2, 0) is 4.79 Å². The van der Waals surface area contributed by atoms with Gasteiger partial charge in [0.1, 0.15) is 11.3 Å². The Bertz CT molecular complexity index is 1160. The highest BCUT2D eigenvalue weighted by Crippen LogP contribution is 2.41. The van der Waals surface area contributed by atoms with Crippen molar-refractivity contribution in [1.29, 1.82) is 0 Å². The fourth-order valence-corrected chi connectivity index (χ4v) is 4.80. The maximum Gasteiger partial charge on any atom is 0.246 e. The van der Waals surface area contributed by atoms with Crippen molar-refractivity contribution in [3.8, 4) is 16.9 Å². The minimum absolute atomic E-state index is 0.0783. The zero-order valence-corrected chi connectivity index (χ0v) is 20.8. The van der Waals surface area contributed by atoms with Gasteiger partial charge in [-0.15, -0.1) is 0 Å². The molecule has 1 unspecified atom stereocenters. The van der Waals surface area contributed by atoms with Gasteiger partial charge in [0.2, 0.25) is 5.91 Å². The first kappa shape index (κ1) is 22.7. The number of aryl methyl sites for hydroxylation is 1. The van der Waals surface area contributed by atoms with Crippen LogP contribution < -0.4 is 4.74 Å². The number of ether oxygens (including phenoxy) is 1. The highest BCUT2D eigenvalue weighted by molar-refractivity contribution is 9.10. The first-order valence-corrected chi connectivity index (χ1v) is 12.1. The molecular formula is C27H30BrNO3. The Kier molecular flexibility index (Phi) is 6.75. The Morgan fingerprint density at radius 2 is 2.06 bits per heavy atom. The number of nitrogens with zero attached hydrogens (tertiary/aromatic N) is 1. The van der Waals surface area contributed by atoms with Gasteiger partial charge in [-0.05, 0) is 68.9 Å². The van der Waals surface area contributed by atoms with E-state index >= 15 is 0 Å². The summed E-state index contributed by atoms with van der Waals surface area (Å²) in [6.07, 6.45) is 5.83. The summed E-state index contributed by atoms with van der Waals surface area (Å²) in [6, 6.07) is 10.3. The van der Waals surface area contributed by atoms with E-state index in [2.05, 4.69) is 41.1 Å². The zero-order chi connectivity index (χ0) is 22.8. The van der Waals surface area contributed by atoms with E-state index in [1.54, 1.807) is 12.3 Å². The number of hydrogen-bond donors (Lipinski definition) is 0. The van der Waals surface area contributed by atoms with E-state index in [-0.39, 0.29) is 5.91 Å². The second-order valence-electron chi connectivity index (χ2n) is 8.70. The summed E-state index contributed by atoms with van der Waals surface area (Å²) in [4.78, 5) is 15.0. The van der Waals surface area contributed by atoms with E-state index in [0.29, 0.717) is 12.5 Å². The molecule has 1 aromatic heterocycles. The molecule has 32 heavy (non-hydrogen) atoms. The Balaban J connectivity index is 1.79. The van der Waals surface area contributed by atoms with E-state index in [4.69, 9.17) is 9.15 Å². The van der Waals surface area contributed by atoms with Gasteiger partial charge < -0.3 is 14.1 Å². The second kappa shape index (κ2) is 9.53. The number of halogens is 1. The van der Waals surface area contributed by atoms with Gasteiger partial charge in [-0.1, -0.05) is 35.0 Å². The molecule has 1 amide bonds. The van der Waals surface area contributed by atoms with Gasteiger partial charge in [-0.2, -0.15) is 0 Å². The number of piperidine rings is 1. The molecule has 0 aliphatic carbocycles. The van der Waals surface area contributed by atoms with Crippen molar-refractivity contribution in [3.63, 3.8) is 0 Å². The van der Waals surface area contributed by atoms with Crippen LogP contribution in [-0.4, -0.2) is 30.5 Å². The first-order valence-electron chi connectivity index (χ1n) is 11.3. The third-order valence-electron chi connectivity index (χ3n) is 6.22. The van der Waals surface area contributed by atoms with E-state index in [1.165, 1.54) is 6.42 Å². The maximum absolute atomic E-state index is 13.0. The van der Waals surface area contributed by atoms with Crippen LogP contribution >= 0.6 is 15.9 Å². The molecule has 3 aromatic rings. The molecule has 0 spiro atoms. The van der Waals surface area contributed by atoms with Gasteiger partial charge in [0, 0.05) is 45.7 Å². The number of carbonyl (C=O) groups excluding carboxylic acids is 1. The molecule has 1 atom stereocenters. The Labute approximate surface area is 198 Å². The third-order valence-corrected chi connectivity index (χ3v) is 6.75. The van der Waals surface area contributed by atoms with Crippen molar-refractivity contribution in [1.82, 2.24) is 4.90 Å². The highest BCUT2D eigenvalue weighted by Gasteiger charge is 2.22. The Hall–Kier alpha value is -2.53. The smallest absolute Gasteiger partial charge is 0.246 e. The molecule has 0 saturated carbocycles. The monoisotopic (exact) mass is 495 g/mol. The van der Waals surface area contributed by atoms with Crippen LogP contribution in [0.5, 0.6) is 5.75 Å². The van der Waals surface area contributed by atoms with E-state index in [1.807, 2.05) is 37.8 Å². The third kappa shape index (κ3) is 4.49. The SMILES string of the molecule is CCOc1c(/C(C)=C/C(=O)N2CCCC(C)C2)cc2c(-c3ccc(Br)cc3)coc2c1C. The van der Waals surface area contributed by atoms with Crippen LogP contribution in [0, 0.1) is 12.8 Å². The molecule has 0 radical (unpaired) electrons. The largest absolute Gasteiger partial charge is 0.493 e. The number of likely N-dealkylation sites (tertiary alicyclic amines) is 1. The first-order chi connectivity index (χ1) is 15.4. The quantitative estimate of drug-likeness (QED) is 0.350. The van der Waals surface area contributed by atoms with Crippen molar-refractivity contribution < 1.29 is 13.9 Å². The van der Waals surface area contributed by atoms with Crippen molar-refractivity contribution >= 4 is 38.4 Å². The zero-order valence-electron chi connectivity index (χ0n) is 19.2. The Morgan fingerprint density at radius 1 is 1.31 bits per heavy atom. The number of carbonyl (C=O) groups is 1. The van der Waals surface area contributed by atoms with Crippen molar-refractivity contribution in [2.45, 2.75) is 40.5 Å².